The molecule has 3 rings (SSSR count). The second-order valence-corrected chi connectivity index (χ2v) is 7.87. The van der Waals surface area contributed by atoms with E-state index in [9.17, 15) is 8.42 Å². The quantitative estimate of drug-likeness (QED) is 0.852. The van der Waals surface area contributed by atoms with Gasteiger partial charge in [0.2, 0.25) is 10.0 Å². The van der Waals surface area contributed by atoms with Crippen molar-refractivity contribution in [2.24, 2.45) is 0 Å². The zero-order chi connectivity index (χ0) is 14.2. The lowest BCUT2D eigenvalue weighted by Gasteiger charge is -2.41. The molecule has 4 nitrogen and oxygen atoms in total. The predicted octanol–water partition coefficient (Wildman–Crippen LogP) is 1.68. The fraction of sp³-hybridized carbons (Fsp3) is 0.600. The summed E-state index contributed by atoms with van der Waals surface area (Å²) in [6.45, 7) is 4.69. The minimum absolute atomic E-state index is 0.0815. The van der Waals surface area contributed by atoms with Crippen molar-refractivity contribution < 1.29 is 8.42 Å². The van der Waals surface area contributed by atoms with Crippen LogP contribution in [0.3, 0.4) is 0 Å². The van der Waals surface area contributed by atoms with Gasteiger partial charge in [-0.1, -0.05) is 30.3 Å². The van der Waals surface area contributed by atoms with E-state index in [1.807, 2.05) is 37.3 Å². The lowest BCUT2D eigenvalue weighted by molar-refractivity contribution is 0.117. The smallest absolute Gasteiger partial charge is 0.218 e. The third-order valence-corrected chi connectivity index (χ3v) is 6.35. The summed E-state index contributed by atoms with van der Waals surface area (Å²) in [5.41, 5.74) is 0.869. The molecular formula is C15H22N2O2S. The number of nitrogens with zero attached hydrogens (tertiary/aromatic N) is 2. The zero-order valence-electron chi connectivity index (χ0n) is 11.9. The fourth-order valence-corrected chi connectivity index (χ4v) is 5.21. The van der Waals surface area contributed by atoms with E-state index < -0.39 is 10.0 Å². The second-order valence-electron chi connectivity index (χ2n) is 5.95. The standard InChI is InChI=1S/C15H22N2O2S/c1-13-10-16-9-5-8-15(16)11-17(13)20(18,19)12-14-6-3-2-4-7-14/h2-4,6-7,13,15H,5,8-12H2,1H3/t13-,15+/m0/s1. The van der Waals surface area contributed by atoms with Gasteiger partial charge in [0.05, 0.1) is 5.75 Å². The van der Waals surface area contributed by atoms with Crippen LogP contribution >= 0.6 is 0 Å². The van der Waals surface area contributed by atoms with Crippen LogP contribution in [0.4, 0.5) is 0 Å². The average molecular weight is 294 g/mol. The molecule has 2 saturated heterocycles. The molecule has 20 heavy (non-hydrogen) atoms. The van der Waals surface area contributed by atoms with E-state index >= 15 is 0 Å². The number of rotatable bonds is 3. The third-order valence-electron chi connectivity index (χ3n) is 4.43. The molecule has 0 saturated carbocycles. The maximum atomic E-state index is 12.7. The molecule has 0 spiro atoms. The molecule has 2 aliphatic heterocycles. The Bertz CT molecular complexity index is 558. The summed E-state index contributed by atoms with van der Waals surface area (Å²) in [4.78, 5) is 2.44. The Morgan fingerprint density at radius 2 is 1.95 bits per heavy atom. The van der Waals surface area contributed by atoms with E-state index in [2.05, 4.69) is 4.90 Å². The van der Waals surface area contributed by atoms with Crippen LogP contribution in [-0.4, -0.2) is 49.3 Å². The van der Waals surface area contributed by atoms with Crippen molar-refractivity contribution in [2.75, 3.05) is 19.6 Å². The normalized spacial score (nSPS) is 28.4. The third kappa shape index (κ3) is 2.75. The summed E-state index contributed by atoms with van der Waals surface area (Å²) >= 11 is 0. The van der Waals surface area contributed by atoms with Crippen molar-refractivity contribution in [2.45, 2.75) is 37.6 Å². The van der Waals surface area contributed by atoms with E-state index in [-0.39, 0.29) is 11.8 Å². The van der Waals surface area contributed by atoms with Gasteiger partial charge < -0.3 is 0 Å². The number of hydrogen-bond acceptors (Lipinski definition) is 3. The molecule has 0 aliphatic carbocycles. The maximum absolute atomic E-state index is 12.7. The first-order chi connectivity index (χ1) is 9.56. The molecule has 0 radical (unpaired) electrons. The molecule has 0 aromatic heterocycles. The molecule has 2 atom stereocenters. The summed E-state index contributed by atoms with van der Waals surface area (Å²) in [7, 11) is -3.22. The maximum Gasteiger partial charge on any atom is 0.218 e. The Kier molecular flexibility index (Phi) is 3.84. The highest BCUT2D eigenvalue weighted by molar-refractivity contribution is 7.88. The predicted molar refractivity (Wildman–Crippen MR) is 79.8 cm³/mol. The van der Waals surface area contributed by atoms with E-state index in [1.54, 1.807) is 4.31 Å². The van der Waals surface area contributed by atoms with E-state index in [0.29, 0.717) is 12.6 Å². The first-order valence-electron chi connectivity index (χ1n) is 7.34. The minimum Gasteiger partial charge on any atom is -0.297 e. The first kappa shape index (κ1) is 14.0. The number of sulfonamides is 1. The number of fused-ring (bicyclic) bond motifs is 1. The van der Waals surface area contributed by atoms with Crippen molar-refractivity contribution in [1.29, 1.82) is 0 Å². The molecule has 1 aromatic carbocycles. The lowest BCUT2D eigenvalue weighted by Crippen LogP contribution is -2.56. The van der Waals surface area contributed by atoms with Crippen molar-refractivity contribution in [1.82, 2.24) is 9.21 Å². The summed E-state index contributed by atoms with van der Waals surface area (Å²) in [5.74, 6) is 0.116. The first-order valence-corrected chi connectivity index (χ1v) is 8.95. The van der Waals surface area contributed by atoms with E-state index in [0.717, 1.165) is 25.1 Å². The number of benzene rings is 1. The van der Waals surface area contributed by atoms with E-state index in [4.69, 9.17) is 0 Å². The Morgan fingerprint density at radius 1 is 1.20 bits per heavy atom. The van der Waals surface area contributed by atoms with Crippen LogP contribution in [0.25, 0.3) is 0 Å². The van der Waals surface area contributed by atoms with Gasteiger partial charge in [-0.3, -0.25) is 4.90 Å². The summed E-state index contributed by atoms with van der Waals surface area (Å²) < 4.78 is 27.1. The van der Waals surface area contributed by atoms with Gasteiger partial charge in [0.15, 0.2) is 0 Å². The van der Waals surface area contributed by atoms with Gasteiger partial charge in [-0.25, -0.2) is 8.42 Å². The van der Waals surface area contributed by atoms with Crippen molar-refractivity contribution >= 4 is 10.0 Å². The number of piperazine rings is 1. The Hall–Kier alpha value is -0.910. The van der Waals surface area contributed by atoms with Gasteiger partial charge in [-0.2, -0.15) is 4.31 Å². The highest BCUT2D eigenvalue weighted by atomic mass is 32.2. The molecular weight excluding hydrogens is 272 g/mol. The van der Waals surface area contributed by atoms with Crippen molar-refractivity contribution in [3.63, 3.8) is 0 Å². The average Bonchev–Trinajstić information content (AvgIpc) is 2.85. The van der Waals surface area contributed by atoms with Gasteiger partial charge in [-0.05, 0) is 31.9 Å². The van der Waals surface area contributed by atoms with Crippen LogP contribution in [-0.2, 0) is 15.8 Å². The summed E-state index contributed by atoms with van der Waals surface area (Å²) in [5, 5.41) is 0. The van der Waals surface area contributed by atoms with Gasteiger partial charge in [0.1, 0.15) is 0 Å². The zero-order valence-corrected chi connectivity index (χ0v) is 12.7. The van der Waals surface area contributed by atoms with Crippen LogP contribution in [0.15, 0.2) is 30.3 Å². The van der Waals surface area contributed by atoms with Gasteiger partial charge in [-0.15, -0.1) is 0 Å². The molecule has 0 unspecified atom stereocenters. The van der Waals surface area contributed by atoms with Gasteiger partial charge in [0, 0.05) is 25.2 Å². The van der Waals surface area contributed by atoms with Crippen LogP contribution < -0.4 is 0 Å². The monoisotopic (exact) mass is 294 g/mol. The Morgan fingerprint density at radius 3 is 2.70 bits per heavy atom. The molecule has 0 N–H and O–H groups in total. The Labute approximate surface area is 121 Å². The molecule has 2 heterocycles. The topological polar surface area (TPSA) is 40.6 Å². The highest BCUT2D eigenvalue weighted by Gasteiger charge is 2.39. The largest absolute Gasteiger partial charge is 0.297 e. The lowest BCUT2D eigenvalue weighted by atomic mass is 10.1. The molecule has 5 heteroatoms. The molecule has 0 amide bonds. The highest BCUT2D eigenvalue weighted by Crippen LogP contribution is 2.27. The summed E-state index contributed by atoms with van der Waals surface area (Å²) in [6, 6.07) is 9.97. The number of hydrogen-bond donors (Lipinski definition) is 0. The molecule has 1 aromatic rings. The van der Waals surface area contributed by atoms with Gasteiger partial charge >= 0.3 is 0 Å². The minimum atomic E-state index is -3.22. The molecule has 110 valence electrons. The SMILES string of the molecule is C[C@H]1CN2CCC[C@@H]2CN1S(=O)(=O)Cc1ccccc1. The Balaban J connectivity index is 1.76. The summed E-state index contributed by atoms with van der Waals surface area (Å²) in [6.07, 6.45) is 2.33. The second kappa shape index (κ2) is 5.47. The van der Waals surface area contributed by atoms with Crippen LogP contribution in [0, 0.1) is 0 Å². The molecule has 2 aliphatic rings. The van der Waals surface area contributed by atoms with E-state index in [1.165, 1.54) is 6.42 Å². The van der Waals surface area contributed by atoms with Crippen LogP contribution in [0.5, 0.6) is 0 Å². The van der Waals surface area contributed by atoms with Gasteiger partial charge in [0.25, 0.3) is 0 Å². The van der Waals surface area contributed by atoms with Crippen molar-refractivity contribution in [3.8, 4) is 0 Å². The van der Waals surface area contributed by atoms with Crippen molar-refractivity contribution in [3.05, 3.63) is 35.9 Å². The van der Waals surface area contributed by atoms with Crippen LogP contribution in [0.2, 0.25) is 0 Å². The molecule has 0 bridgehead atoms. The van der Waals surface area contributed by atoms with Crippen LogP contribution in [0.1, 0.15) is 25.3 Å². The molecule has 2 fully saturated rings. The fourth-order valence-electron chi connectivity index (χ4n) is 3.42.